The molecule has 9 heteroatoms. The van der Waals surface area contributed by atoms with Gasteiger partial charge in [0.15, 0.2) is 0 Å². The van der Waals surface area contributed by atoms with Gasteiger partial charge in [-0.15, -0.1) is 11.3 Å². The molecule has 0 atom stereocenters. The van der Waals surface area contributed by atoms with Crippen LogP contribution in [0, 0.1) is 5.82 Å². The molecule has 1 fully saturated rings. The Bertz CT molecular complexity index is 882. The van der Waals surface area contributed by atoms with Crippen molar-refractivity contribution in [3.8, 4) is 0 Å². The van der Waals surface area contributed by atoms with E-state index in [1.807, 2.05) is 13.8 Å². The fourth-order valence-corrected chi connectivity index (χ4v) is 4.25. The zero-order chi connectivity index (χ0) is 22.2. The molecule has 0 spiro atoms. The zero-order valence-corrected chi connectivity index (χ0v) is 18.9. The molecule has 168 valence electrons. The number of carbonyl (C=O) groups is 2. The lowest BCUT2D eigenvalue weighted by Gasteiger charge is -2.26. The van der Waals surface area contributed by atoms with E-state index in [2.05, 4.69) is 20.5 Å². The van der Waals surface area contributed by atoms with Gasteiger partial charge in [0.1, 0.15) is 16.5 Å². The number of urea groups is 1. The first-order valence-electron chi connectivity index (χ1n) is 10.7. The third-order valence-electron chi connectivity index (χ3n) is 5.25. The number of benzene rings is 1. The summed E-state index contributed by atoms with van der Waals surface area (Å²) in [6.07, 6.45) is 3.73. The average molecular weight is 448 g/mol. The molecule has 1 aliphatic heterocycles. The SMILES string of the molecule is CC(C)N(Cc1nc(C(=O)NCCN2CCCCC2)cs1)C(=O)Nc1ccccc1F. The highest BCUT2D eigenvalue weighted by molar-refractivity contribution is 7.09. The minimum atomic E-state index is -0.489. The first-order chi connectivity index (χ1) is 14.9. The van der Waals surface area contributed by atoms with Gasteiger partial charge in [-0.3, -0.25) is 4.79 Å². The van der Waals surface area contributed by atoms with Gasteiger partial charge in [0, 0.05) is 24.5 Å². The van der Waals surface area contributed by atoms with Gasteiger partial charge < -0.3 is 20.4 Å². The topological polar surface area (TPSA) is 77.6 Å². The molecule has 1 aliphatic rings. The normalized spacial score (nSPS) is 14.5. The van der Waals surface area contributed by atoms with E-state index >= 15 is 0 Å². The number of hydrogen-bond donors (Lipinski definition) is 2. The molecule has 2 aromatic rings. The summed E-state index contributed by atoms with van der Waals surface area (Å²) in [6.45, 7) is 7.62. The van der Waals surface area contributed by atoms with Crippen LogP contribution in [0.3, 0.4) is 0 Å². The molecule has 0 aliphatic carbocycles. The summed E-state index contributed by atoms with van der Waals surface area (Å²) in [5, 5.41) is 7.89. The molecule has 0 saturated carbocycles. The van der Waals surface area contributed by atoms with Gasteiger partial charge in [-0.25, -0.2) is 14.2 Å². The monoisotopic (exact) mass is 447 g/mol. The number of anilines is 1. The molecule has 1 aromatic carbocycles. The molecule has 2 heterocycles. The van der Waals surface area contributed by atoms with Crippen LogP contribution in [-0.2, 0) is 6.54 Å². The maximum Gasteiger partial charge on any atom is 0.322 e. The number of likely N-dealkylation sites (tertiary alicyclic amines) is 1. The molecule has 1 saturated heterocycles. The predicted molar refractivity (Wildman–Crippen MR) is 121 cm³/mol. The molecule has 31 heavy (non-hydrogen) atoms. The highest BCUT2D eigenvalue weighted by atomic mass is 32.1. The number of piperidine rings is 1. The van der Waals surface area contributed by atoms with Crippen molar-refractivity contribution in [2.45, 2.75) is 45.7 Å². The number of para-hydroxylation sites is 1. The van der Waals surface area contributed by atoms with E-state index in [0.29, 0.717) is 17.2 Å². The lowest BCUT2D eigenvalue weighted by atomic mass is 10.1. The highest BCUT2D eigenvalue weighted by Gasteiger charge is 2.21. The number of thiazole rings is 1. The van der Waals surface area contributed by atoms with E-state index in [-0.39, 0.29) is 24.2 Å². The van der Waals surface area contributed by atoms with Gasteiger partial charge in [0.05, 0.1) is 12.2 Å². The number of aromatic nitrogens is 1. The van der Waals surface area contributed by atoms with Crippen molar-refractivity contribution in [3.05, 3.63) is 46.2 Å². The first-order valence-corrected chi connectivity index (χ1v) is 11.6. The van der Waals surface area contributed by atoms with Gasteiger partial charge in [0.2, 0.25) is 0 Å². The van der Waals surface area contributed by atoms with E-state index < -0.39 is 11.8 Å². The molecule has 3 amide bonds. The average Bonchev–Trinajstić information content (AvgIpc) is 3.23. The number of carbonyl (C=O) groups excluding carboxylic acids is 2. The van der Waals surface area contributed by atoms with E-state index in [1.165, 1.54) is 42.7 Å². The van der Waals surface area contributed by atoms with Crippen molar-refractivity contribution < 1.29 is 14.0 Å². The highest BCUT2D eigenvalue weighted by Crippen LogP contribution is 2.18. The van der Waals surface area contributed by atoms with Gasteiger partial charge in [-0.2, -0.15) is 0 Å². The van der Waals surface area contributed by atoms with Crippen LogP contribution in [0.25, 0.3) is 0 Å². The molecule has 7 nitrogen and oxygen atoms in total. The van der Waals surface area contributed by atoms with Crippen molar-refractivity contribution in [2.75, 3.05) is 31.5 Å². The van der Waals surface area contributed by atoms with Gasteiger partial charge >= 0.3 is 6.03 Å². The van der Waals surface area contributed by atoms with Crippen LogP contribution < -0.4 is 10.6 Å². The minimum Gasteiger partial charge on any atom is -0.349 e. The molecule has 0 unspecified atom stereocenters. The predicted octanol–water partition coefficient (Wildman–Crippen LogP) is 3.94. The Kier molecular flexibility index (Phi) is 8.36. The van der Waals surface area contributed by atoms with Crippen molar-refractivity contribution in [1.29, 1.82) is 0 Å². The second-order valence-corrected chi connectivity index (χ2v) is 8.86. The largest absolute Gasteiger partial charge is 0.349 e. The number of halogens is 1. The van der Waals surface area contributed by atoms with Crippen LogP contribution in [0.1, 0.15) is 48.6 Å². The summed E-state index contributed by atoms with van der Waals surface area (Å²) in [5.41, 5.74) is 0.489. The molecule has 0 bridgehead atoms. The first kappa shape index (κ1) is 23.1. The van der Waals surface area contributed by atoms with E-state index in [9.17, 15) is 14.0 Å². The number of nitrogens with zero attached hydrogens (tertiary/aromatic N) is 3. The molecular formula is C22H30FN5O2S. The fourth-order valence-electron chi connectivity index (χ4n) is 3.47. The quantitative estimate of drug-likeness (QED) is 0.643. The van der Waals surface area contributed by atoms with Crippen LogP contribution >= 0.6 is 11.3 Å². The minimum absolute atomic E-state index is 0.127. The summed E-state index contributed by atoms with van der Waals surface area (Å²) in [7, 11) is 0. The van der Waals surface area contributed by atoms with Gasteiger partial charge in [-0.05, 0) is 51.9 Å². The lowest BCUT2D eigenvalue weighted by molar-refractivity contribution is 0.0942. The summed E-state index contributed by atoms with van der Waals surface area (Å²) in [5.74, 6) is -0.691. The Balaban J connectivity index is 1.53. The summed E-state index contributed by atoms with van der Waals surface area (Å²) < 4.78 is 13.9. The van der Waals surface area contributed by atoms with E-state index in [1.54, 1.807) is 22.4 Å². The maximum absolute atomic E-state index is 13.9. The number of nitrogens with one attached hydrogen (secondary N) is 2. The van der Waals surface area contributed by atoms with Crippen LogP contribution in [0.15, 0.2) is 29.6 Å². The number of amides is 3. The lowest BCUT2D eigenvalue weighted by Crippen LogP contribution is -2.39. The smallest absolute Gasteiger partial charge is 0.322 e. The third-order valence-corrected chi connectivity index (χ3v) is 6.09. The summed E-state index contributed by atoms with van der Waals surface area (Å²) >= 11 is 1.33. The summed E-state index contributed by atoms with van der Waals surface area (Å²) in [4.78, 5) is 33.4. The third kappa shape index (κ3) is 6.73. The van der Waals surface area contributed by atoms with Crippen LogP contribution in [0.5, 0.6) is 0 Å². The Morgan fingerprint density at radius 2 is 1.97 bits per heavy atom. The molecule has 0 radical (unpaired) electrons. The Morgan fingerprint density at radius 3 is 2.68 bits per heavy atom. The number of hydrogen-bond acceptors (Lipinski definition) is 5. The molecule has 2 N–H and O–H groups in total. The van der Waals surface area contributed by atoms with Crippen LogP contribution in [0.4, 0.5) is 14.9 Å². The van der Waals surface area contributed by atoms with Crippen LogP contribution in [0.2, 0.25) is 0 Å². The zero-order valence-electron chi connectivity index (χ0n) is 18.1. The molecular weight excluding hydrogens is 417 g/mol. The Labute approximate surface area is 186 Å². The Hall–Kier alpha value is -2.52. The second-order valence-electron chi connectivity index (χ2n) is 7.92. The Morgan fingerprint density at radius 1 is 1.23 bits per heavy atom. The van der Waals surface area contributed by atoms with E-state index in [0.717, 1.165) is 19.6 Å². The van der Waals surface area contributed by atoms with Crippen molar-refractivity contribution >= 4 is 29.0 Å². The van der Waals surface area contributed by atoms with Gasteiger partial charge in [-0.1, -0.05) is 18.6 Å². The standard InChI is InChI=1S/C22H30FN5O2S/c1-16(2)28(22(30)26-18-9-5-4-8-17(18)23)14-20-25-19(15-31-20)21(29)24-10-13-27-11-6-3-7-12-27/h4-5,8-9,15-16H,3,6-7,10-14H2,1-2H3,(H,24,29)(H,26,30). The van der Waals surface area contributed by atoms with Crippen LogP contribution in [-0.4, -0.2) is 58.9 Å². The fraction of sp³-hybridized carbons (Fsp3) is 0.500. The van der Waals surface area contributed by atoms with Crippen molar-refractivity contribution in [2.24, 2.45) is 0 Å². The van der Waals surface area contributed by atoms with Crippen molar-refractivity contribution in [3.63, 3.8) is 0 Å². The summed E-state index contributed by atoms with van der Waals surface area (Å²) in [6, 6.07) is 5.50. The molecule has 3 rings (SSSR count). The maximum atomic E-state index is 13.9. The molecule has 1 aromatic heterocycles. The van der Waals surface area contributed by atoms with E-state index in [4.69, 9.17) is 0 Å². The second kappa shape index (κ2) is 11.2. The number of rotatable bonds is 8. The van der Waals surface area contributed by atoms with Gasteiger partial charge in [0.25, 0.3) is 5.91 Å². The van der Waals surface area contributed by atoms with Crippen molar-refractivity contribution in [1.82, 2.24) is 20.1 Å².